The fraction of sp³-hybridized carbons (Fsp3) is 0.611. The third kappa shape index (κ3) is 6.09. The molecule has 0 aliphatic carbocycles. The maximum atomic E-state index is 12.7. The first-order valence-electron chi connectivity index (χ1n) is 8.91. The van der Waals surface area contributed by atoms with Crippen LogP contribution in [0.15, 0.2) is 15.9 Å². The van der Waals surface area contributed by atoms with Crippen LogP contribution in [-0.2, 0) is 14.3 Å². The minimum absolute atomic E-state index is 0.0743. The van der Waals surface area contributed by atoms with Crippen molar-refractivity contribution in [2.75, 3.05) is 19.7 Å². The number of halogens is 1. The molecule has 26 heavy (non-hydrogen) atoms. The van der Waals surface area contributed by atoms with Gasteiger partial charge in [-0.05, 0) is 67.1 Å². The van der Waals surface area contributed by atoms with E-state index in [1.165, 1.54) is 11.3 Å². The minimum Gasteiger partial charge on any atom is -0.466 e. The van der Waals surface area contributed by atoms with Gasteiger partial charge in [0.2, 0.25) is 5.91 Å². The SMILES string of the molecule is CCOC(=O)CC[C@@H]1CCCN(C(=O)[C@H](C)NC(=O)c2ccc(Br)s2)C1. The predicted molar refractivity (Wildman–Crippen MR) is 104 cm³/mol. The Labute approximate surface area is 166 Å². The van der Waals surface area contributed by atoms with E-state index in [9.17, 15) is 14.4 Å². The highest BCUT2D eigenvalue weighted by molar-refractivity contribution is 9.11. The van der Waals surface area contributed by atoms with Crippen molar-refractivity contribution in [3.05, 3.63) is 20.8 Å². The smallest absolute Gasteiger partial charge is 0.305 e. The van der Waals surface area contributed by atoms with Gasteiger partial charge in [0, 0.05) is 19.5 Å². The molecule has 2 amide bonds. The molecule has 0 saturated carbocycles. The van der Waals surface area contributed by atoms with Gasteiger partial charge < -0.3 is 15.0 Å². The van der Waals surface area contributed by atoms with Gasteiger partial charge in [-0.25, -0.2) is 0 Å². The summed E-state index contributed by atoms with van der Waals surface area (Å²) in [7, 11) is 0. The lowest BCUT2D eigenvalue weighted by Crippen LogP contribution is -2.50. The van der Waals surface area contributed by atoms with Crippen LogP contribution in [0.25, 0.3) is 0 Å². The van der Waals surface area contributed by atoms with Crippen LogP contribution in [0.4, 0.5) is 0 Å². The standard InChI is InChI=1S/C18H25BrN2O4S/c1-3-25-16(22)9-6-13-5-4-10-21(11-13)18(24)12(2)20-17(23)14-7-8-15(19)26-14/h7-8,12-13H,3-6,9-11H2,1-2H3,(H,20,23)/t12-,13-/m0/s1. The zero-order chi connectivity index (χ0) is 19.1. The summed E-state index contributed by atoms with van der Waals surface area (Å²) in [6.07, 6.45) is 3.04. The molecule has 1 N–H and O–H groups in total. The van der Waals surface area contributed by atoms with Gasteiger partial charge >= 0.3 is 5.97 Å². The van der Waals surface area contributed by atoms with E-state index in [4.69, 9.17) is 4.74 Å². The van der Waals surface area contributed by atoms with Crippen LogP contribution in [0.2, 0.25) is 0 Å². The molecule has 2 rings (SSSR count). The third-order valence-electron chi connectivity index (χ3n) is 4.41. The quantitative estimate of drug-likeness (QED) is 0.654. The highest BCUT2D eigenvalue weighted by Gasteiger charge is 2.28. The molecular weight excluding hydrogens is 420 g/mol. The number of nitrogens with zero attached hydrogens (tertiary/aromatic N) is 1. The molecule has 0 aromatic carbocycles. The summed E-state index contributed by atoms with van der Waals surface area (Å²) in [5.74, 6) is -0.195. The number of hydrogen-bond acceptors (Lipinski definition) is 5. The molecule has 1 aromatic heterocycles. The number of carbonyl (C=O) groups excluding carboxylic acids is 3. The molecule has 1 saturated heterocycles. The molecular formula is C18H25BrN2O4S. The summed E-state index contributed by atoms with van der Waals surface area (Å²) >= 11 is 4.66. The van der Waals surface area contributed by atoms with Crippen LogP contribution in [0.5, 0.6) is 0 Å². The Morgan fingerprint density at radius 2 is 2.19 bits per heavy atom. The molecule has 2 atom stereocenters. The topological polar surface area (TPSA) is 75.7 Å². The van der Waals surface area contributed by atoms with Crippen LogP contribution < -0.4 is 5.32 Å². The maximum Gasteiger partial charge on any atom is 0.305 e. The maximum absolute atomic E-state index is 12.7. The molecule has 144 valence electrons. The van der Waals surface area contributed by atoms with E-state index in [0.717, 1.165) is 23.0 Å². The second-order valence-corrected chi connectivity index (χ2v) is 8.90. The molecule has 0 spiro atoms. The number of thiophene rings is 1. The number of ether oxygens (including phenoxy) is 1. The van der Waals surface area contributed by atoms with Gasteiger partial charge in [-0.1, -0.05) is 0 Å². The van der Waals surface area contributed by atoms with Gasteiger partial charge in [0.05, 0.1) is 15.3 Å². The Bertz CT molecular complexity index is 649. The number of carbonyl (C=O) groups is 3. The molecule has 0 bridgehead atoms. The molecule has 8 heteroatoms. The van der Waals surface area contributed by atoms with Gasteiger partial charge in [0.15, 0.2) is 0 Å². The van der Waals surface area contributed by atoms with Crippen LogP contribution in [0.1, 0.15) is 49.2 Å². The van der Waals surface area contributed by atoms with Crippen molar-refractivity contribution in [3.63, 3.8) is 0 Å². The molecule has 0 radical (unpaired) electrons. The van der Waals surface area contributed by atoms with Crippen molar-refractivity contribution < 1.29 is 19.1 Å². The lowest BCUT2D eigenvalue weighted by Gasteiger charge is -2.34. The van der Waals surface area contributed by atoms with Crippen LogP contribution in [0, 0.1) is 5.92 Å². The van der Waals surface area contributed by atoms with Crippen LogP contribution in [0.3, 0.4) is 0 Å². The van der Waals surface area contributed by atoms with Crippen LogP contribution in [-0.4, -0.2) is 48.4 Å². The van der Waals surface area contributed by atoms with Crippen LogP contribution >= 0.6 is 27.3 Å². The normalized spacial score (nSPS) is 18.3. The van der Waals surface area contributed by atoms with Gasteiger partial charge in [-0.15, -0.1) is 11.3 Å². The number of hydrogen-bond donors (Lipinski definition) is 1. The zero-order valence-electron chi connectivity index (χ0n) is 15.1. The van der Waals surface area contributed by atoms with Crippen molar-refractivity contribution in [2.45, 2.75) is 45.6 Å². The molecule has 1 fully saturated rings. The van der Waals surface area contributed by atoms with Crippen molar-refractivity contribution in [1.82, 2.24) is 10.2 Å². The van der Waals surface area contributed by atoms with E-state index in [1.807, 2.05) is 6.07 Å². The minimum atomic E-state index is -0.577. The second kappa shape index (κ2) is 10.1. The molecule has 1 aliphatic rings. The number of likely N-dealkylation sites (tertiary alicyclic amines) is 1. The van der Waals surface area contributed by atoms with Gasteiger partial charge in [0.25, 0.3) is 5.91 Å². The highest BCUT2D eigenvalue weighted by Crippen LogP contribution is 2.23. The molecule has 0 unspecified atom stereocenters. The predicted octanol–water partition coefficient (Wildman–Crippen LogP) is 3.21. The molecule has 1 aliphatic heterocycles. The number of nitrogens with one attached hydrogen (secondary N) is 1. The van der Waals surface area contributed by atoms with Gasteiger partial charge in [-0.3, -0.25) is 14.4 Å². The Hall–Kier alpha value is -1.41. The van der Waals surface area contributed by atoms with Crippen molar-refractivity contribution in [2.24, 2.45) is 5.92 Å². The Morgan fingerprint density at radius 1 is 1.42 bits per heavy atom. The number of piperidine rings is 1. The van der Waals surface area contributed by atoms with E-state index < -0.39 is 6.04 Å². The average Bonchev–Trinajstić information content (AvgIpc) is 3.06. The van der Waals surface area contributed by atoms with Gasteiger partial charge in [0.1, 0.15) is 6.04 Å². The van der Waals surface area contributed by atoms with E-state index in [-0.39, 0.29) is 17.8 Å². The highest BCUT2D eigenvalue weighted by atomic mass is 79.9. The van der Waals surface area contributed by atoms with Gasteiger partial charge in [-0.2, -0.15) is 0 Å². The first-order chi connectivity index (χ1) is 12.4. The monoisotopic (exact) mass is 444 g/mol. The van der Waals surface area contributed by atoms with E-state index in [2.05, 4.69) is 21.2 Å². The Balaban J connectivity index is 1.83. The Morgan fingerprint density at radius 3 is 2.85 bits per heavy atom. The Kier molecular flexibility index (Phi) is 8.09. The average molecular weight is 445 g/mol. The zero-order valence-corrected chi connectivity index (χ0v) is 17.5. The third-order valence-corrected chi connectivity index (χ3v) is 6.03. The molecule has 1 aromatic rings. The summed E-state index contributed by atoms with van der Waals surface area (Å²) in [6, 6.07) is 2.96. The van der Waals surface area contributed by atoms with E-state index in [1.54, 1.807) is 24.8 Å². The van der Waals surface area contributed by atoms with Crippen molar-refractivity contribution in [3.8, 4) is 0 Å². The van der Waals surface area contributed by atoms with Crippen molar-refractivity contribution >= 4 is 45.1 Å². The first kappa shape index (κ1) is 20.9. The number of esters is 1. The molecule has 6 nitrogen and oxygen atoms in total. The summed E-state index contributed by atoms with van der Waals surface area (Å²) < 4.78 is 5.84. The lowest BCUT2D eigenvalue weighted by atomic mass is 9.93. The fourth-order valence-corrected chi connectivity index (χ4v) is 4.38. The summed E-state index contributed by atoms with van der Waals surface area (Å²) in [4.78, 5) is 38.8. The van der Waals surface area contributed by atoms with Crippen molar-refractivity contribution in [1.29, 1.82) is 0 Å². The summed E-state index contributed by atoms with van der Waals surface area (Å²) in [5, 5.41) is 2.77. The molecule has 2 heterocycles. The first-order valence-corrected chi connectivity index (χ1v) is 10.5. The summed E-state index contributed by atoms with van der Waals surface area (Å²) in [6.45, 7) is 5.23. The van der Waals surface area contributed by atoms with E-state index in [0.29, 0.717) is 36.9 Å². The largest absolute Gasteiger partial charge is 0.466 e. The lowest BCUT2D eigenvalue weighted by molar-refractivity contribution is -0.143. The number of amides is 2. The van der Waals surface area contributed by atoms with E-state index >= 15 is 0 Å². The second-order valence-electron chi connectivity index (χ2n) is 6.44. The fourth-order valence-electron chi connectivity index (χ4n) is 3.10. The summed E-state index contributed by atoms with van der Waals surface area (Å²) in [5.41, 5.74) is 0. The number of rotatable bonds is 7.